The van der Waals surface area contributed by atoms with Gasteiger partial charge in [-0.3, -0.25) is 4.79 Å². The molecule has 31 heavy (non-hydrogen) atoms. The fraction of sp³-hybridized carbons (Fsp3) is 0.875. The van der Waals surface area contributed by atoms with Crippen molar-refractivity contribution in [2.45, 2.75) is 108 Å². The third-order valence-electron chi connectivity index (χ3n) is 7.05. The lowest BCUT2D eigenvalue weighted by molar-refractivity contribution is -0.303. The number of esters is 1. The number of aliphatic hydroxyl groups is 1. The van der Waals surface area contributed by atoms with Gasteiger partial charge in [-0.15, -0.1) is 0 Å². The van der Waals surface area contributed by atoms with Crippen molar-refractivity contribution in [1.29, 1.82) is 0 Å². The Morgan fingerprint density at radius 1 is 1.26 bits per heavy atom. The van der Waals surface area contributed by atoms with Gasteiger partial charge < -0.3 is 23.7 Å². The number of aliphatic hydroxyl groups excluding tert-OH is 1. The van der Waals surface area contributed by atoms with Crippen molar-refractivity contribution >= 4 is 14.3 Å². The van der Waals surface area contributed by atoms with Crippen LogP contribution in [0.2, 0.25) is 18.1 Å². The van der Waals surface area contributed by atoms with Crippen LogP contribution >= 0.6 is 0 Å². The lowest BCUT2D eigenvalue weighted by Gasteiger charge is -2.44. The van der Waals surface area contributed by atoms with Gasteiger partial charge in [0.2, 0.25) is 0 Å². The van der Waals surface area contributed by atoms with E-state index in [2.05, 4.69) is 46.0 Å². The summed E-state index contributed by atoms with van der Waals surface area (Å²) in [5.41, 5.74) is 0. The molecule has 0 aromatic heterocycles. The van der Waals surface area contributed by atoms with E-state index in [1.807, 2.05) is 0 Å². The summed E-state index contributed by atoms with van der Waals surface area (Å²) in [5, 5.41) is 10.5. The van der Waals surface area contributed by atoms with Gasteiger partial charge in [0.1, 0.15) is 0 Å². The van der Waals surface area contributed by atoms with E-state index >= 15 is 0 Å². The maximum atomic E-state index is 11.3. The van der Waals surface area contributed by atoms with Crippen molar-refractivity contribution in [3.63, 3.8) is 0 Å². The largest absolute Gasteiger partial charge is 0.469 e. The first-order valence-electron chi connectivity index (χ1n) is 11.9. The molecule has 1 aliphatic carbocycles. The molecule has 1 aliphatic heterocycles. The SMILES string of the molecule is COC(=O)CCC/C=C/C1CCCC1OC1(CO[Si](C)(C)C(C)(C)C)CC(O)CCO1. The molecule has 2 fully saturated rings. The summed E-state index contributed by atoms with van der Waals surface area (Å²) in [6, 6.07) is 0. The molecule has 0 aromatic rings. The van der Waals surface area contributed by atoms with Gasteiger partial charge in [-0.25, -0.2) is 0 Å². The van der Waals surface area contributed by atoms with Gasteiger partial charge in [-0.2, -0.15) is 0 Å². The van der Waals surface area contributed by atoms with Gasteiger partial charge in [0, 0.05) is 18.8 Å². The first kappa shape index (κ1) is 26.5. The molecule has 4 atom stereocenters. The third-order valence-corrected chi connectivity index (χ3v) is 11.5. The van der Waals surface area contributed by atoms with Crippen LogP contribution in [0, 0.1) is 5.92 Å². The summed E-state index contributed by atoms with van der Waals surface area (Å²) in [6.07, 6.45) is 10.4. The van der Waals surface area contributed by atoms with Gasteiger partial charge in [-0.1, -0.05) is 39.3 Å². The molecule has 180 valence electrons. The minimum absolute atomic E-state index is 0.0603. The fourth-order valence-corrected chi connectivity index (χ4v) is 4.97. The van der Waals surface area contributed by atoms with E-state index in [4.69, 9.17) is 18.6 Å². The first-order valence-corrected chi connectivity index (χ1v) is 14.8. The number of ether oxygens (including phenoxy) is 3. The van der Waals surface area contributed by atoms with Crippen LogP contribution in [-0.2, 0) is 23.4 Å². The van der Waals surface area contributed by atoms with Gasteiger partial charge in [0.15, 0.2) is 14.1 Å². The zero-order valence-electron chi connectivity index (χ0n) is 20.4. The number of methoxy groups -OCH3 is 1. The second-order valence-corrected chi connectivity index (χ2v) is 15.4. The van der Waals surface area contributed by atoms with Crippen molar-refractivity contribution in [1.82, 2.24) is 0 Å². The van der Waals surface area contributed by atoms with Crippen LogP contribution in [0.3, 0.4) is 0 Å². The summed E-state index contributed by atoms with van der Waals surface area (Å²) in [6.45, 7) is 12.0. The zero-order chi connectivity index (χ0) is 23.1. The standard InChI is InChI=1S/C24H44O6Si/c1-23(2,3)31(5,6)29-18-24(17-20(25)15-16-28-24)30-21-13-10-12-19(21)11-8-7-9-14-22(26)27-4/h8,11,19-21,25H,7,9-10,12-18H2,1-6H3/b11-8+. The molecular formula is C24H44O6Si. The Morgan fingerprint density at radius 3 is 2.65 bits per heavy atom. The molecule has 0 bridgehead atoms. The zero-order valence-corrected chi connectivity index (χ0v) is 21.4. The smallest absolute Gasteiger partial charge is 0.305 e. The molecule has 2 aliphatic rings. The van der Waals surface area contributed by atoms with Crippen molar-refractivity contribution in [2.75, 3.05) is 20.3 Å². The van der Waals surface area contributed by atoms with Crippen molar-refractivity contribution < 1.29 is 28.5 Å². The van der Waals surface area contributed by atoms with E-state index in [9.17, 15) is 9.90 Å². The third kappa shape index (κ3) is 7.97. The molecule has 0 aromatic carbocycles. The van der Waals surface area contributed by atoms with Gasteiger partial charge in [0.25, 0.3) is 0 Å². The quantitative estimate of drug-likeness (QED) is 0.217. The van der Waals surface area contributed by atoms with Crippen LogP contribution in [-0.4, -0.2) is 57.7 Å². The molecule has 2 rings (SSSR count). The second-order valence-electron chi connectivity index (χ2n) is 10.6. The molecule has 0 amide bonds. The number of hydrogen-bond donors (Lipinski definition) is 1. The van der Waals surface area contributed by atoms with Crippen molar-refractivity contribution in [2.24, 2.45) is 5.92 Å². The Balaban J connectivity index is 2.00. The molecular weight excluding hydrogens is 412 g/mol. The average Bonchev–Trinajstić information content (AvgIpc) is 3.12. The molecule has 7 heteroatoms. The number of carbonyl (C=O) groups is 1. The highest BCUT2D eigenvalue weighted by Crippen LogP contribution is 2.40. The number of carbonyl (C=O) groups excluding carboxylic acids is 1. The predicted molar refractivity (Wildman–Crippen MR) is 124 cm³/mol. The minimum Gasteiger partial charge on any atom is -0.469 e. The molecule has 1 N–H and O–H groups in total. The summed E-state index contributed by atoms with van der Waals surface area (Å²) < 4.78 is 24.0. The van der Waals surface area contributed by atoms with Crippen molar-refractivity contribution in [3.05, 3.63) is 12.2 Å². The molecule has 1 saturated heterocycles. The number of unbranched alkanes of at least 4 members (excludes halogenated alkanes) is 1. The Bertz CT molecular complexity index is 599. The Kier molecular flexibility index (Phi) is 9.76. The van der Waals surface area contributed by atoms with Crippen LogP contribution < -0.4 is 0 Å². The molecule has 6 nitrogen and oxygen atoms in total. The highest BCUT2D eigenvalue weighted by molar-refractivity contribution is 6.74. The number of allylic oxidation sites excluding steroid dienone is 1. The van der Waals surface area contributed by atoms with Gasteiger partial charge in [0.05, 0.1) is 32.5 Å². The highest BCUT2D eigenvalue weighted by Gasteiger charge is 2.46. The monoisotopic (exact) mass is 456 g/mol. The summed E-state index contributed by atoms with van der Waals surface area (Å²) >= 11 is 0. The molecule has 4 unspecified atom stereocenters. The lowest BCUT2D eigenvalue weighted by atomic mass is 10.0. The maximum Gasteiger partial charge on any atom is 0.305 e. The van der Waals surface area contributed by atoms with E-state index in [1.165, 1.54) is 7.11 Å². The Labute approximate surface area is 189 Å². The highest BCUT2D eigenvalue weighted by atomic mass is 28.4. The van der Waals surface area contributed by atoms with Crippen LogP contribution in [0.15, 0.2) is 12.2 Å². The van der Waals surface area contributed by atoms with Crippen molar-refractivity contribution in [3.8, 4) is 0 Å². The Hall–Kier alpha value is -0.733. The van der Waals surface area contributed by atoms with E-state index < -0.39 is 20.2 Å². The Morgan fingerprint density at radius 2 is 2.00 bits per heavy atom. The van der Waals surface area contributed by atoms with E-state index in [-0.39, 0.29) is 17.1 Å². The van der Waals surface area contributed by atoms with E-state index in [1.54, 1.807) is 0 Å². The van der Waals surface area contributed by atoms with Crippen LogP contribution in [0.1, 0.15) is 72.1 Å². The minimum atomic E-state index is -1.97. The van der Waals surface area contributed by atoms with Crippen LogP contribution in [0.4, 0.5) is 0 Å². The number of rotatable bonds is 10. The second kappa shape index (κ2) is 11.4. The maximum absolute atomic E-state index is 11.3. The lowest BCUT2D eigenvalue weighted by Crippen LogP contribution is -2.53. The molecule has 1 saturated carbocycles. The summed E-state index contributed by atoms with van der Waals surface area (Å²) in [4.78, 5) is 11.3. The van der Waals surface area contributed by atoms with Gasteiger partial charge >= 0.3 is 5.97 Å². The topological polar surface area (TPSA) is 74.2 Å². The summed E-state index contributed by atoms with van der Waals surface area (Å²) in [5.74, 6) is -0.711. The fourth-order valence-electron chi connectivity index (χ4n) is 3.96. The first-order chi connectivity index (χ1) is 14.5. The van der Waals surface area contributed by atoms with Crippen LogP contribution in [0.25, 0.3) is 0 Å². The van der Waals surface area contributed by atoms with E-state index in [0.29, 0.717) is 38.4 Å². The summed E-state index contributed by atoms with van der Waals surface area (Å²) in [7, 11) is -0.543. The van der Waals surface area contributed by atoms with Crippen LogP contribution in [0.5, 0.6) is 0 Å². The van der Waals surface area contributed by atoms with Gasteiger partial charge in [-0.05, 0) is 50.2 Å². The predicted octanol–water partition coefficient (Wildman–Crippen LogP) is 4.96. The average molecular weight is 457 g/mol. The molecule has 1 heterocycles. The number of hydrogen-bond acceptors (Lipinski definition) is 6. The normalized spacial score (nSPS) is 30.1. The molecule has 0 radical (unpaired) electrons. The molecule has 0 spiro atoms. The van der Waals surface area contributed by atoms with E-state index in [0.717, 1.165) is 32.1 Å².